The predicted octanol–water partition coefficient (Wildman–Crippen LogP) is 0.717. The Labute approximate surface area is 105 Å². The Bertz CT molecular complexity index is 495. The molecular weight excluding hydrogens is 232 g/mol. The lowest BCUT2D eigenvalue weighted by Crippen LogP contribution is -2.41. The van der Waals surface area contributed by atoms with Gasteiger partial charge in [-0.2, -0.15) is 0 Å². The topological polar surface area (TPSA) is 82.2 Å². The van der Waals surface area contributed by atoms with Crippen molar-refractivity contribution in [2.45, 2.75) is 44.8 Å². The van der Waals surface area contributed by atoms with E-state index in [0.717, 1.165) is 25.0 Å². The van der Waals surface area contributed by atoms with E-state index in [0.29, 0.717) is 6.42 Å². The van der Waals surface area contributed by atoms with Crippen LogP contribution in [0.4, 0.5) is 0 Å². The molecule has 1 saturated carbocycles. The summed E-state index contributed by atoms with van der Waals surface area (Å²) in [4.78, 5) is 26.5. The zero-order valence-electron chi connectivity index (χ0n) is 10.4. The zero-order chi connectivity index (χ0) is 13.1. The monoisotopic (exact) mass is 250 g/mol. The van der Waals surface area contributed by atoms with E-state index >= 15 is 0 Å². The second-order valence-corrected chi connectivity index (χ2v) is 4.88. The Morgan fingerprint density at radius 3 is 2.94 bits per heavy atom. The molecule has 1 aromatic rings. The Balaban J connectivity index is 2.05. The van der Waals surface area contributed by atoms with Crippen LogP contribution in [0.2, 0.25) is 0 Å². The molecule has 5 nitrogen and oxygen atoms in total. The van der Waals surface area contributed by atoms with Gasteiger partial charge in [-0.15, -0.1) is 0 Å². The predicted molar refractivity (Wildman–Crippen MR) is 67.5 cm³/mol. The van der Waals surface area contributed by atoms with Crippen molar-refractivity contribution in [1.29, 1.82) is 0 Å². The largest absolute Gasteiger partial charge is 0.393 e. The molecule has 1 fully saturated rings. The molecule has 18 heavy (non-hydrogen) atoms. The molecule has 0 spiro atoms. The molecule has 1 aliphatic carbocycles. The highest BCUT2D eigenvalue weighted by atomic mass is 16.3. The number of aromatic amines is 1. The second-order valence-electron chi connectivity index (χ2n) is 4.88. The summed E-state index contributed by atoms with van der Waals surface area (Å²) >= 11 is 0. The molecule has 2 unspecified atom stereocenters. The summed E-state index contributed by atoms with van der Waals surface area (Å²) in [6, 6.07) is 1.37. The van der Waals surface area contributed by atoms with E-state index in [1.165, 1.54) is 12.3 Å². The number of hydrogen-bond acceptors (Lipinski definition) is 3. The fourth-order valence-electron chi connectivity index (χ4n) is 2.31. The molecule has 1 aliphatic rings. The van der Waals surface area contributed by atoms with Gasteiger partial charge in [0.2, 0.25) is 0 Å². The van der Waals surface area contributed by atoms with Gasteiger partial charge >= 0.3 is 0 Å². The molecule has 0 aliphatic heterocycles. The number of aliphatic hydroxyl groups is 1. The minimum Gasteiger partial charge on any atom is -0.393 e. The maximum absolute atomic E-state index is 11.9. The summed E-state index contributed by atoms with van der Waals surface area (Å²) < 4.78 is 0. The molecule has 2 rings (SSSR count). The van der Waals surface area contributed by atoms with Gasteiger partial charge in [0.05, 0.1) is 6.10 Å². The standard InChI is InChI=1S/C13H18N2O3/c1-8-5-12(17)11(7-14-8)13(18)15-9-3-2-4-10(16)6-9/h5,7,9-10,16H,2-4,6H2,1H3,(H,14,17)(H,15,18). The highest BCUT2D eigenvalue weighted by Gasteiger charge is 2.22. The first kappa shape index (κ1) is 12.8. The third-order valence-electron chi connectivity index (χ3n) is 3.28. The van der Waals surface area contributed by atoms with Crippen molar-refractivity contribution in [3.8, 4) is 0 Å². The van der Waals surface area contributed by atoms with Gasteiger partial charge in [-0.05, 0) is 32.6 Å². The van der Waals surface area contributed by atoms with E-state index < -0.39 is 0 Å². The summed E-state index contributed by atoms with van der Waals surface area (Å²) in [5.74, 6) is -0.365. The Hall–Kier alpha value is -1.62. The van der Waals surface area contributed by atoms with Crippen molar-refractivity contribution in [1.82, 2.24) is 10.3 Å². The lowest BCUT2D eigenvalue weighted by molar-refractivity contribution is 0.0848. The van der Waals surface area contributed by atoms with Crippen molar-refractivity contribution in [3.63, 3.8) is 0 Å². The number of hydrogen-bond donors (Lipinski definition) is 3. The summed E-state index contributed by atoms with van der Waals surface area (Å²) in [5, 5.41) is 12.3. The fraction of sp³-hybridized carbons (Fsp3) is 0.538. The van der Waals surface area contributed by atoms with E-state index in [4.69, 9.17) is 0 Å². The van der Waals surface area contributed by atoms with Crippen molar-refractivity contribution in [2.75, 3.05) is 0 Å². The molecule has 3 N–H and O–H groups in total. The van der Waals surface area contributed by atoms with Crippen LogP contribution in [0.25, 0.3) is 0 Å². The highest BCUT2D eigenvalue weighted by molar-refractivity contribution is 5.93. The van der Waals surface area contributed by atoms with Crippen LogP contribution in [-0.4, -0.2) is 28.1 Å². The molecule has 1 amide bonds. The summed E-state index contributed by atoms with van der Waals surface area (Å²) in [7, 11) is 0. The van der Waals surface area contributed by atoms with Crippen LogP contribution in [0.5, 0.6) is 0 Å². The van der Waals surface area contributed by atoms with Gasteiger partial charge in [0.1, 0.15) is 5.56 Å². The second kappa shape index (κ2) is 5.35. The fourth-order valence-corrected chi connectivity index (χ4v) is 2.31. The number of nitrogens with one attached hydrogen (secondary N) is 2. The van der Waals surface area contributed by atoms with Gasteiger partial charge in [0.25, 0.3) is 5.91 Å². The third kappa shape index (κ3) is 2.98. The average molecular weight is 250 g/mol. The van der Waals surface area contributed by atoms with E-state index in [-0.39, 0.29) is 29.0 Å². The van der Waals surface area contributed by atoms with Gasteiger partial charge in [-0.1, -0.05) is 0 Å². The lowest BCUT2D eigenvalue weighted by atomic mass is 9.93. The average Bonchev–Trinajstić information content (AvgIpc) is 2.28. The number of aromatic nitrogens is 1. The molecule has 0 aromatic carbocycles. The number of pyridine rings is 1. The number of amides is 1. The molecular formula is C13H18N2O3. The van der Waals surface area contributed by atoms with E-state index in [1.807, 2.05) is 0 Å². The summed E-state index contributed by atoms with van der Waals surface area (Å²) in [6.07, 6.45) is 4.20. The number of aryl methyl sites for hydroxylation is 1. The Kier molecular flexibility index (Phi) is 3.81. The Morgan fingerprint density at radius 1 is 1.50 bits per heavy atom. The molecule has 0 bridgehead atoms. The van der Waals surface area contributed by atoms with Gasteiger partial charge < -0.3 is 15.4 Å². The quantitative estimate of drug-likeness (QED) is 0.723. The van der Waals surface area contributed by atoms with Crippen LogP contribution in [0.3, 0.4) is 0 Å². The minimum absolute atomic E-state index is 0.0399. The van der Waals surface area contributed by atoms with Crippen molar-refractivity contribution < 1.29 is 9.90 Å². The van der Waals surface area contributed by atoms with E-state index in [2.05, 4.69) is 10.3 Å². The van der Waals surface area contributed by atoms with Crippen LogP contribution in [0.1, 0.15) is 41.7 Å². The minimum atomic E-state index is -0.365. The van der Waals surface area contributed by atoms with Gasteiger partial charge in [0.15, 0.2) is 5.43 Å². The van der Waals surface area contributed by atoms with Crippen LogP contribution < -0.4 is 10.7 Å². The van der Waals surface area contributed by atoms with Gasteiger partial charge in [-0.25, -0.2) is 0 Å². The zero-order valence-corrected chi connectivity index (χ0v) is 10.4. The smallest absolute Gasteiger partial charge is 0.256 e. The Morgan fingerprint density at radius 2 is 2.28 bits per heavy atom. The maximum atomic E-state index is 11.9. The van der Waals surface area contributed by atoms with Gasteiger partial charge in [0, 0.05) is 24.0 Å². The SMILES string of the molecule is Cc1cc(=O)c(C(=O)NC2CCCC(O)C2)c[nH]1. The molecule has 1 heterocycles. The number of aliphatic hydroxyl groups excluding tert-OH is 1. The van der Waals surface area contributed by atoms with Crippen LogP contribution in [0, 0.1) is 6.92 Å². The van der Waals surface area contributed by atoms with Crippen molar-refractivity contribution in [3.05, 3.63) is 33.7 Å². The normalized spacial score (nSPS) is 23.7. The molecule has 1 aromatic heterocycles. The van der Waals surface area contributed by atoms with Gasteiger partial charge in [-0.3, -0.25) is 9.59 Å². The third-order valence-corrected chi connectivity index (χ3v) is 3.28. The van der Waals surface area contributed by atoms with Crippen LogP contribution in [-0.2, 0) is 0 Å². The van der Waals surface area contributed by atoms with Crippen molar-refractivity contribution in [2.24, 2.45) is 0 Å². The summed E-state index contributed by atoms with van der Waals surface area (Å²) in [5.41, 5.74) is 0.574. The number of carbonyl (C=O) groups is 1. The first-order valence-electron chi connectivity index (χ1n) is 6.24. The molecule has 98 valence electrons. The van der Waals surface area contributed by atoms with Crippen LogP contribution >= 0.6 is 0 Å². The molecule has 0 saturated heterocycles. The number of rotatable bonds is 2. The maximum Gasteiger partial charge on any atom is 0.256 e. The van der Waals surface area contributed by atoms with Crippen molar-refractivity contribution >= 4 is 5.91 Å². The molecule has 5 heteroatoms. The first-order valence-corrected chi connectivity index (χ1v) is 6.24. The lowest BCUT2D eigenvalue weighted by Gasteiger charge is -2.26. The van der Waals surface area contributed by atoms with E-state index in [1.54, 1.807) is 6.92 Å². The molecule has 2 atom stereocenters. The number of H-pyrrole nitrogens is 1. The molecule has 0 radical (unpaired) electrons. The number of carbonyl (C=O) groups excluding carboxylic acids is 1. The van der Waals surface area contributed by atoms with E-state index in [9.17, 15) is 14.7 Å². The highest BCUT2D eigenvalue weighted by Crippen LogP contribution is 2.18. The van der Waals surface area contributed by atoms with Crippen LogP contribution in [0.15, 0.2) is 17.1 Å². The first-order chi connectivity index (χ1) is 8.56. The summed E-state index contributed by atoms with van der Waals surface area (Å²) in [6.45, 7) is 1.76.